The van der Waals surface area contributed by atoms with Crippen LogP contribution >= 0.6 is 0 Å². The first-order valence-corrected chi connectivity index (χ1v) is 8.34. The summed E-state index contributed by atoms with van der Waals surface area (Å²) < 4.78 is 0. The normalized spacial score (nSPS) is 27.8. The molecule has 3 atom stereocenters. The fraction of sp³-hybridized carbons (Fsp3) is 0.611. The number of carbonyl (C=O) groups is 1. The summed E-state index contributed by atoms with van der Waals surface area (Å²) in [7, 11) is 0. The molecule has 114 valence electrons. The van der Waals surface area contributed by atoms with Gasteiger partial charge in [-0.15, -0.1) is 0 Å². The zero-order chi connectivity index (χ0) is 14.7. The number of hydrogen-bond acceptors (Lipinski definition) is 2. The van der Waals surface area contributed by atoms with Gasteiger partial charge in [0, 0.05) is 18.8 Å². The maximum absolute atomic E-state index is 12.4. The molecule has 2 N–H and O–H groups in total. The number of nitrogens with one attached hydrogen (secondary N) is 2. The number of carbonyl (C=O) groups excluding carboxylic acids is 1. The van der Waals surface area contributed by atoms with E-state index in [1.54, 1.807) is 0 Å². The van der Waals surface area contributed by atoms with Crippen molar-refractivity contribution < 1.29 is 4.79 Å². The van der Waals surface area contributed by atoms with Crippen LogP contribution in [0.1, 0.15) is 50.5 Å². The average Bonchev–Trinajstić information content (AvgIpc) is 2.91. The van der Waals surface area contributed by atoms with Crippen LogP contribution in [0.4, 0.5) is 5.69 Å². The quantitative estimate of drug-likeness (QED) is 0.889. The summed E-state index contributed by atoms with van der Waals surface area (Å²) >= 11 is 0. The SMILES string of the molecule is CC1CCCC(CCNC(=O)C2CNc3ccccc32)C1. The summed E-state index contributed by atoms with van der Waals surface area (Å²) in [5.74, 6) is 1.83. The topological polar surface area (TPSA) is 41.1 Å². The lowest BCUT2D eigenvalue weighted by molar-refractivity contribution is -0.122. The molecule has 1 aliphatic carbocycles. The highest BCUT2D eigenvalue weighted by atomic mass is 16.1. The molecule has 3 nitrogen and oxygen atoms in total. The second kappa shape index (κ2) is 6.50. The molecule has 0 saturated heterocycles. The van der Waals surface area contributed by atoms with Gasteiger partial charge in [0.25, 0.3) is 0 Å². The Morgan fingerprint density at radius 2 is 2.19 bits per heavy atom. The molecule has 1 aliphatic heterocycles. The van der Waals surface area contributed by atoms with Gasteiger partial charge in [0.1, 0.15) is 0 Å². The minimum atomic E-state index is -0.0218. The van der Waals surface area contributed by atoms with Crippen LogP contribution in [0.25, 0.3) is 0 Å². The van der Waals surface area contributed by atoms with Gasteiger partial charge < -0.3 is 10.6 Å². The van der Waals surface area contributed by atoms with Crippen molar-refractivity contribution in [3.05, 3.63) is 29.8 Å². The van der Waals surface area contributed by atoms with Crippen molar-refractivity contribution in [2.75, 3.05) is 18.4 Å². The zero-order valence-corrected chi connectivity index (χ0v) is 12.9. The smallest absolute Gasteiger partial charge is 0.229 e. The standard InChI is InChI=1S/C18H26N2O/c1-13-5-4-6-14(11-13)9-10-19-18(21)16-12-20-17-8-3-2-7-15(16)17/h2-3,7-8,13-14,16,20H,4-6,9-12H2,1H3,(H,19,21). The van der Waals surface area contributed by atoms with Gasteiger partial charge in [-0.2, -0.15) is 0 Å². The van der Waals surface area contributed by atoms with Crippen LogP contribution < -0.4 is 10.6 Å². The molecular weight excluding hydrogens is 260 g/mol. The first-order chi connectivity index (χ1) is 10.2. The lowest BCUT2D eigenvalue weighted by Crippen LogP contribution is -2.32. The van der Waals surface area contributed by atoms with Crippen molar-refractivity contribution >= 4 is 11.6 Å². The molecule has 1 fully saturated rings. The molecule has 1 amide bonds. The molecule has 1 aromatic carbocycles. The van der Waals surface area contributed by atoms with Crippen LogP contribution in [0.2, 0.25) is 0 Å². The predicted octanol–water partition coefficient (Wildman–Crippen LogP) is 3.53. The molecule has 3 unspecified atom stereocenters. The van der Waals surface area contributed by atoms with E-state index >= 15 is 0 Å². The first-order valence-electron chi connectivity index (χ1n) is 8.34. The van der Waals surface area contributed by atoms with E-state index in [0.717, 1.165) is 42.6 Å². The van der Waals surface area contributed by atoms with Crippen LogP contribution in [-0.2, 0) is 4.79 Å². The Hall–Kier alpha value is -1.51. The third-order valence-corrected chi connectivity index (χ3v) is 5.05. The van der Waals surface area contributed by atoms with Gasteiger partial charge in [0.05, 0.1) is 5.92 Å². The highest BCUT2D eigenvalue weighted by molar-refractivity contribution is 5.88. The van der Waals surface area contributed by atoms with Crippen LogP contribution in [0, 0.1) is 11.8 Å². The Bertz CT molecular complexity index is 500. The number of para-hydroxylation sites is 1. The van der Waals surface area contributed by atoms with Gasteiger partial charge in [0.2, 0.25) is 5.91 Å². The van der Waals surface area contributed by atoms with Crippen molar-refractivity contribution in [3.8, 4) is 0 Å². The van der Waals surface area contributed by atoms with Crippen molar-refractivity contribution in [1.82, 2.24) is 5.32 Å². The molecule has 21 heavy (non-hydrogen) atoms. The fourth-order valence-corrected chi connectivity index (χ4v) is 3.86. The maximum atomic E-state index is 12.4. The number of hydrogen-bond donors (Lipinski definition) is 2. The molecule has 0 bridgehead atoms. The van der Waals surface area contributed by atoms with Gasteiger partial charge in [-0.1, -0.05) is 44.4 Å². The van der Waals surface area contributed by atoms with Gasteiger partial charge in [0.15, 0.2) is 0 Å². The molecule has 0 spiro atoms. The number of amides is 1. The highest BCUT2D eigenvalue weighted by Gasteiger charge is 2.28. The molecule has 1 aromatic rings. The van der Waals surface area contributed by atoms with Gasteiger partial charge >= 0.3 is 0 Å². The Morgan fingerprint density at radius 3 is 3.05 bits per heavy atom. The molecule has 1 heterocycles. The Kier molecular flexibility index (Phi) is 4.47. The van der Waals surface area contributed by atoms with Crippen LogP contribution in [0.15, 0.2) is 24.3 Å². The monoisotopic (exact) mass is 286 g/mol. The lowest BCUT2D eigenvalue weighted by atomic mass is 9.81. The summed E-state index contributed by atoms with van der Waals surface area (Å²) in [6, 6.07) is 8.13. The van der Waals surface area contributed by atoms with Crippen LogP contribution in [0.3, 0.4) is 0 Å². The van der Waals surface area contributed by atoms with E-state index in [0.29, 0.717) is 0 Å². The van der Waals surface area contributed by atoms with E-state index in [9.17, 15) is 4.79 Å². The summed E-state index contributed by atoms with van der Waals surface area (Å²) in [4.78, 5) is 12.4. The number of anilines is 1. The molecule has 0 radical (unpaired) electrons. The summed E-state index contributed by atoms with van der Waals surface area (Å²) in [6.45, 7) is 3.91. The van der Waals surface area contributed by atoms with E-state index in [1.807, 2.05) is 18.2 Å². The molecule has 3 heteroatoms. The fourth-order valence-electron chi connectivity index (χ4n) is 3.86. The Balaban J connectivity index is 1.47. The molecule has 3 rings (SSSR count). The van der Waals surface area contributed by atoms with Crippen LogP contribution in [-0.4, -0.2) is 19.0 Å². The van der Waals surface area contributed by atoms with Crippen molar-refractivity contribution in [1.29, 1.82) is 0 Å². The Morgan fingerprint density at radius 1 is 1.33 bits per heavy atom. The summed E-state index contributed by atoms with van der Waals surface area (Å²) in [5.41, 5.74) is 2.25. The predicted molar refractivity (Wildman–Crippen MR) is 86.4 cm³/mol. The van der Waals surface area contributed by atoms with Crippen molar-refractivity contribution in [2.24, 2.45) is 11.8 Å². The number of benzene rings is 1. The Labute approximate surface area is 127 Å². The van der Waals surface area contributed by atoms with E-state index in [2.05, 4.69) is 23.6 Å². The van der Waals surface area contributed by atoms with Gasteiger partial charge in [-0.25, -0.2) is 0 Å². The second-order valence-electron chi connectivity index (χ2n) is 6.74. The number of fused-ring (bicyclic) bond motifs is 1. The summed E-state index contributed by atoms with van der Waals surface area (Å²) in [5, 5.41) is 6.46. The average molecular weight is 286 g/mol. The zero-order valence-electron chi connectivity index (χ0n) is 12.9. The molecule has 2 aliphatic rings. The first kappa shape index (κ1) is 14.4. The van der Waals surface area contributed by atoms with E-state index in [-0.39, 0.29) is 11.8 Å². The third-order valence-electron chi connectivity index (χ3n) is 5.05. The minimum Gasteiger partial charge on any atom is -0.384 e. The second-order valence-corrected chi connectivity index (χ2v) is 6.74. The largest absolute Gasteiger partial charge is 0.384 e. The summed E-state index contributed by atoms with van der Waals surface area (Å²) in [6.07, 6.45) is 6.56. The molecule has 0 aromatic heterocycles. The van der Waals surface area contributed by atoms with Gasteiger partial charge in [-0.3, -0.25) is 4.79 Å². The molecule has 1 saturated carbocycles. The maximum Gasteiger partial charge on any atom is 0.229 e. The van der Waals surface area contributed by atoms with E-state index < -0.39 is 0 Å². The molecular formula is C18H26N2O. The number of rotatable bonds is 4. The lowest BCUT2D eigenvalue weighted by Gasteiger charge is -2.26. The van der Waals surface area contributed by atoms with Crippen LogP contribution in [0.5, 0.6) is 0 Å². The van der Waals surface area contributed by atoms with E-state index in [4.69, 9.17) is 0 Å². The van der Waals surface area contributed by atoms with Crippen molar-refractivity contribution in [2.45, 2.75) is 44.9 Å². The third kappa shape index (κ3) is 3.39. The van der Waals surface area contributed by atoms with E-state index in [1.165, 1.54) is 25.7 Å². The van der Waals surface area contributed by atoms with Gasteiger partial charge in [-0.05, 0) is 36.3 Å². The highest BCUT2D eigenvalue weighted by Crippen LogP contribution is 2.32. The minimum absolute atomic E-state index is 0.0218. The van der Waals surface area contributed by atoms with Crippen molar-refractivity contribution in [3.63, 3.8) is 0 Å².